The molecule has 30 heavy (non-hydrogen) atoms. The van der Waals surface area contributed by atoms with Crippen LogP contribution in [0.15, 0.2) is 30.7 Å². The van der Waals surface area contributed by atoms with Gasteiger partial charge in [0.25, 0.3) is 11.8 Å². The van der Waals surface area contributed by atoms with Gasteiger partial charge >= 0.3 is 0 Å². The summed E-state index contributed by atoms with van der Waals surface area (Å²) in [5.74, 6) is -0.343. The zero-order valence-electron chi connectivity index (χ0n) is 15.8. The number of hydrogen-bond acceptors (Lipinski definition) is 7. The molecule has 2 amide bonds. The molecule has 154 valence electrons. The highest BCUT2D eigenvalue weighted by atomic mass is 35.5. The molecule has 1 unspecified atom stereocenters. The maximum absolute atomic E-state index is 12.8. The maximum Gasteiger partial charge on any atom is 0.289 e. The Morgan fingerprint density at radius 3 is 2.80 bits per heavy atom. The molecular formula is C18H15Cl2N7O3. The second-order valence-electron chi connectivity index (χ2n) is 6.48. The molecule has 10 nitrogen and oxygen atoms in total. The van der Waals surface area contributed by atoms with Gasteiger partial charge in [-0.15, -0.1) is 0 Å². The molecule has 0 aliphatic carbocycles. The average molecular weight is 448 g/mol. The number of fused-ring (bicyclic) bond motifs is 1. The summed E-state index contributed by atoms with van der Waals surface area (Å²) in [6.45, 7) is 1.70. The lowest BCUT2D eigenvalue weighted by molar-refractivity contribution is -0.120. The fourth-order valence-corrected chi connectivity index (χ4v) is 3.17. The van der Waals surface area contributed by atoms with Gasteiger partial charge in [-0.05, 0) is 13.0 Å². The first kappa shape index (κ1) is 20.0. The molecule has 1 aliphatic rings. The lowest BCUT2D eigenvalue weighted by Gasteiger charge is -2.19. The Bertz CT molecular complexity index is 1150. The number of rotatable bonds is 3. The highest BCUT2D eigenvalue weighted by molar-refractivity contribution is 6.32. The van der Waals surface area contributed by atoms with Crippen molar-refractivity contribution in [3.05, 3.63) is 52.3 Å². The largest absolute Gasteiger partial charge is 0.487 e. The van der Waals surface area contributed by atoms with Crippen molar-refractivity contribution < 1.29 is 14.3 Å². The standard InChI is InChI=1S/C18H15Cl2N7O3/c1-9-3-4-27(25-9)15-11(20)7-21-14(24-15)17(28)23-12-8-30-13-5-10(19)6-22-16(13)26(2)18(12)29/h3-7,12H,8H2,1-2H3,(H,23,28). The number of hydrogen-bond donors (Lipinski definition) is 1. The molecule has 4 rings (SSSR count). The van der Waals surface area contributed by atoms with E-state index in [1.807, 2.05) is 6.92 Å². The van der Waals surface area contributed by atoms with Crippen LogP contribution < -0.4 is 15.0 Å². The third-order valence-corrected chi connectivity index (χ3v) is 4.80. The van der Waals surface area contributed by atoms with Gasteiger partial charge in [0.05, 0.1) is 16.9 Å². The second-order valence-corrected chi connectivity index (χ2v) is 7.32. The summed E-state index contributed by atoms with van der Waals surface area (Å²) in [4.78, 5) is 39.1. The van der Waals surface area contributed by atoms with Crippen LogP contribution >= 0.6 is 23.2 Å². The van der Waals surface area contributed by atoms with Crippen LogP contribution in [-0.4, -0.2) is 56.2 Å². The van der Waals surface area contributed by atoms with E-state index in [4.69, 9.17) is 27.9 Å². The van der Waals surface area contributed by atoms with Crippen molar-refractivity contribution in [3.63, 3.8) is 0 Å². The predicted molar refractivity (Wildman–Crippen MR) is 108 cm³/mol. The van der Waals surface area contributed by atoms with Crippen LogP contribution in [0.1, 0.15) is 16.3 Å². The molecule has 4 heterocycles. The number of halogens is 2. The van der Waals surface area contributed by atoms with Gasteiger partial charge in [-0.3, -0.25) is 14.5 Å². The molecule has 0 aromatic carbocycles. The summed E-state index contributed by atoms with van der Waals surface area (Å²) in [5.41, 5.74) is 0.758. The Morgan fingerprint density at radius 1 is 1.27 bits per heavy atom. The summed E-state index contributed by atoms with van der Waals surface area (Å²) in [7, 11) is 1.53. The van der Waals surface area contributed by atoms with Gasteiger partial charge in [-0.1, -0.05) is 23.2 Å². The number of nitrogens with one attached hydrogen (secondary N) is 1. The third-order valence-electron chi connectivity index (χ3n) is 4.32. The van der Waals surface area contributed by atoms with E-state index in [0.29, 0.717) is 16.6 Å². The Labute approximate surface area is 180 Å². The SMILES string of the molecule is Cc1ccn(-c2nc(C(=O)NC3COc4cc(Cl)cnc4N(C)C3=O)ncc2Cl)n1. The molecule has 1 aliphatic heterocycles. The van der Waals surface area contributed by atoms with Crippen molar-refractivity contribution in [1.29, 1.82) is 0 Å². The van der Waals surface area contributed by atoms with Gasteiger partial charge in [-0.2, -0.15) is 5.10 Å². The van der Waals surface area contributed by atoms with Crippen LogP contribution in [0.2, 0.25) is 10.0 Å². The van der Waals surface area contributed by atoms with Gasteiger partial charge < -0.3 is 10.1 Å². The summed E-state index contributed by atoms with van der Waals surface area (Å²) in [6, 6.07) is 2.34. The van der Waals surface area contributed by atoms with Crippen LogP contribution in [0.25, 0.3) is 5.82 Å². The minimum atomic E-state index is -0.981. The van der Waals surface area contributed by atoms with E-state index >= 15 is 0 Å². The summed E-state index contributed by atoms with van der Waals surface area (Å²) in [5, 5.41) is 7.42. The van der Waals surface area contributed by atoms with Crippen molar-refractivity contribution in [3.8, 4) is 11.6 Å². The first-order valence-electron chi connectivity index (χ1n) is 8.75. The van der Waals surface area contributed by atoms with Gasteiger partial charge in [0.1, 0.15) is 17.7 Å². The fraction of sp³-hybridized carbons (Fsp3) is 0.222. The Hall–Kier alpha value is -3.24. The third kappa shape index (κ3) is 3.79. The molecule has 0 spiro atoms. The van der Waals surface area contributed by atoms with E-state index in [1.165, 1.54) is 29.0 Å². The van der Waals surface area contributed by atoms with Crippen molar-refractivity contribution >= 4 is 40.8 Å². The number of aromatic nitrogens is 5. The first-order valence-corrected chi connectivity index (χ1v) is 9.51. The topological polar surface area (TPSA) is 115 Å². The molecule has 12 heteroatoms. The number of pyridine rings is 1. The van der Waals surface area contributed by atoms with E-state index in [-0.39, 0.29) is 23.3 Å². The summed E-state index contributed by atoms with van der Waals surface area (Å²) in [6.07, 6.45) is 4.37. The highest BCUT2D eigenvalue weighted by Crippen LogP contribution is 2.30. The first-order chi connectivity index (χ1) is 14.3. The van der Waals surface area contributed by atoms with Crippen LogP contribution in [0.5, 0.6) is 5.75 Å². The molecule has 3 aromatic heterocycles. The van der Waals surface area contributed by atoms with E-state index in [1.54, 1.807) is 18.3 Å². The molecular weight excluding hydrogens is 433 g/mol. The summed E-state index contributed by atoms with van der Waals surface area (Å²) < 4.78 is 7.07. The fourth-order valence-electron chi connectivity index (χ4n) is 2.84. The number of carbonyl (C=O) groups excluding carboxylic acids is 2. The number of aryl methyl sites for hydroxylation is 1. The molecule has 1 atom stereocenters. The zero-order chi connectivity index (χ0) is 21.4. The van der Waals surface area contributed by atoms with Crippen LogP contribution in [0, 0.1) is 6.92 Å². The molecule has 3 aromatic rings. The van der Waals surface area contributed by atoms with E-state index in [9.17, 15) is 9.59 Å². The van der Waals surface area contributed by atoms with Gasteiger partial charge in [0.15, 0.2) is 17.4 Å². The number of likely N-dealkylation sites (N-methyl/N-ethyl adjacent to an activating group) is 1. The van der Waals surface area contributed by atoms with Gasteiger partial charge in [0.2, 0.25) is 5.82 Å². The number of anilines is 1. The van der Waals surface area contributed by atoms with E-state index < -0.39 is 17.9 Å². The van der Waals surface area contributed by atoms with Crippen molar-refractivity contribution in [2.24, 2.45) is 0 Å². The molecule has 1 N–H and O–H groups in total. The number of nitrogens with zero attached hydrogens (tertiary/aromatic N) is 6. The molecule has 0 saturated heterocycles. The second kappa shape index (κ2) is 7.88. The van der Waals surface area contributed by atoms with E-state index in [0.717, 1.165) is 5.69 Å². The van der Waals surface area contributed by atoms with Gasteiger partial charge in [0, 0.05) is 25.5 Å². The predicted octanol–water partition coefficient (Wildman–Crippen LogP) is 1.83. The smallest absolute Gasteiger partial charge is 0.289 e. The highest BCUT2D eigenvalue weighted by Gasteiger charge is 2.32. The number of amides is 2. The Kier molecular flexibility index (Phi) is 5.27. The quantitative estimate of drug-likeness (QED) is 0.650. The van der Waals surface area contributed by atoms with Crippen LogP contribution in [-0.2, 0) is 4.79 Å². The summed E-state index contributed by atoms with van der Waals surface area (Å²) >= 11 is 12.1. The Balaban J connectivity index is 1.56. The zero-order valence-corrected chi connectivity index (χ0v) is 17.3. The minimum absolute atomic E-state index is 0.108. The Morgan fingerprint density at radius 2 is 2.07 bits per heavy atom. The van der Waals surface area contributed by atoms with Crippen molar-refractivity contribution in [1.82, 2.24) is 30.0 Å². The average Bonchev–Trinajstić information content (AvgIpc) is 3.12. The minimum Gasteiger partial charge on any atom is -0.487 e. The molecule has 0 saturated carbocycles. The van der Waals surface area contributed by atoms with Crippen molar-refractivity contribution in [2.45, 2.75) is 13.0 Å². The lowest BCUT2D eigenvalue weighted by Crippen LogP contribution is -2.49. The van der Waals surface area contributed by atoms with Gasteiger partial charge in [-0.25, -0.2) is 19.6 Å². The van der Waals surface area contributed by atoms with E-state index in [2.05, 4.69) is 25.4 Å². The normalized spacial score (nSPS) is 15.9. The van der Waals surface area contributed by atoms with Crippen LogP contribution in [0.4, 0.5) is 5.82 Å². The monoisotopic (exact) mass is 447 g/mol. The molecule has 0 radical (unpaired) electrons. The number of ether oxygens (including phenoxy) is 1. The molecule has 0 fully saturated rings. The van der Waals surface area contributed by atoms with Crippen LogP contribution in [0.3, 0.4) is 0 Å². The lowest BCUT2D eigenvalue weighted by atomic mass is 10.2. The molecule has 0 bridgehead atoms. The number of carbonyl (C=O) groups is 2. The maximum atomic E-state index is 12.8. The van der Waals surface area contributed by atoms with Crippen molar-refractivity contribution in [2.75, 3.05) is 18.6 Å².